The van der Waals surface area contributed by atoms with E-state index < -0.39 is 0 Å². The first kappa shape index (κ1) is 24.6. The van der Waals surface area contributed by atoms with Crippen molar-refractivity contribution < 1.29 is 9.53 Å². The van der Waals surface area contributed by atoms with E-state index in [1.807, 2.05) is 13.8 Å². The van der Waals surface area contributed by atoms with E-state index in [1.54, 1.807) is 22.8 Å². The molecule has 8 heteroatoms. The highest BCUT2D eigenvalue weighted by atomic mass is 35.5. The first-order chi connectivity index (χ1) is 15.9. The highest BCUT2D eigenvalue weighted by Crippen LogP contribution is 2.35. The number of amides is 1. The maximum Gasteiger partial charge on any atom is 0.262 e. The molecule has 0 radical (unpaired) electrons. The van der Waals surface area contributed by atoms with Gasteiger partial charge < -0.3 is 9.64 Å². The fraction of sp³-hybridized carbons (Fsp3) is 0.640. The van der Waals surface area contributed by atoms with Crippen LogP contribution in [0, 0.1) is 5.92 Å². The molecule has 0 N–H and O–H groups in total. The Balaban J connectivity index is 1.52. The zero-order valence-electron chi connectivity index (χ0n) is 19.6. The molecule has 33 heavy (non-hydrogen) atoms. The summed E-state index contributed by atoms with van der Waals surface area (Å²) in [7, 11) is 0. The molecule has 0 unspecified atom stereocenters. The summed E-state index contributed by atoms with van der Waals surface area (Å²) in [5, 5.41) is 1.66. The Morgan fingerprint density at radius 2 is 2.03 bits per heavy atom. The Bertz CT molecular complexity index is 1040. The third-order valence-corrected chi connectivity index (χ3v) is 7.94. The highest BCUT2D eigenvalue weighted by Gasteiger charge is 2.35. The lowest BCUT2D eigenvalue weighted by Crippen LogP contribution is -2.50. The van der Waals surface area contributed by atoms with E-state index in [9.17, 15) is 9.59 Å². The first-order valence-corrected chi connectivity index (χ1v) is 13.5. The zero-order chi connectivity index (χ0) is 23.4. The zero-order valence-corrected chi connectivity index (χ0v) is 21.2. The number of nitrogens with zero attached hydrogens (tertiary/aromatic N) is 3. The second-order valence-corrected chi connectivity index (χ2v) is 10.8. The van der Waals surface area contributed by atoms with Crippen molar-refractivity contribution in [2.24, 2.45) is 5.92 Å². The average Bonchev–Trinajstić information content (AvgIpc) is 2.80. The van der Waals surface area contributed by atoms with Crippen molar-refractivity contribution in [1.82, 2.24) is 14.5 Å². The molecule has 4 rings (SSSR count). The number of piperidine rings is 1. The molecule has 2 heterocycles. The summed E-state index contributed by atoms with van der Waals surface area (Å²) in [6.45, 7) is 5.92. The molecule has 1 aliphatic heterocycles. The number of likely N-dealkylation sites (tertiary alicyclic amines) is 1. The average molecular weight is 492 g/mol. The molecule has 1 saturated heterocycles. The molecule has 0 bridgehead atoms. The van der Waals surface area contributed by atoms with E-state index in [0.717, 1.165) is 19.4 Å². The minimum atomic E-state index is -0.0959. The van der Waals surface area contributed by atoms with E-state index in [2.05, 4.69) is 4.90 Å². The van der Waals surface area contributed by atoms with Gasteiger partial charge in [-0.3, -0.25) is 14.2 Å². The number of carbonyl (C=O) groups is 1. The Morgan fingerprint density at radius 1 is 1.24 bits per heavy atom. The minimum Gasteiger partial charge on any atom is -0.379 e. The smallest absolute Gasteiger partial charge is 0.262 e. The molecule has 1 amide bonds. The van der Waals surface area contributed by atoms with Crippen LogP contribution in [0.25, 0.3) is 10.9 Å². The second kappa shape index (κ2) is 11.2. The fourth-order valence-corrected chi connectivity index (χ4v) is 6.24. The predicted octanol–water partition coefficient (Wildman–Crippen LogP) is 5.14. The van der Waals surface area contributed by atoms with Gasteiger partial charge in [-0.1, -0.05) is 36.2 Å². The van der Waals surface area contributed by atoms with Crippen molar-refractivity contribution in [3.63, 3.8) is 0 Å². The summed E-state index contributed by atoms with van der Waals surface area (Å²) in [4.78, 5) is 33.3. The maximum absolute atomic E-state index is 13.3. The Morgan fingerprint density at radius 3 is 2.85 bits per heavy atom. The second-order valence-electron chi connectivity index (χ2n) is 9.42. The molecular weight excluding hydrogens is 458 g/mol. The third-order valence-electron chi connectivity index (χ3n) is 6.75. The third kappa shape index (κ3) is 5.92. The van der Waals surface area contributed by atoms with E-state index in [4.69, 9.17) is 21.3 Å². The Hall–Kier alpha value is -1.57. The molecular formula is C25H34ClN3O3S. The number of aromatic nitrogens is 2. The normalized spacial score (nSPS) is 20.9. The number of halogens is 1. The number of benzene rings is 1. The van der Waals surface area contributed by atoms with Gasteiger partial charge in [-0.15, -0.1) is 0 Å². The number of carbonyl (C=O) groups excluding carboxylic acids is 1. The molecule has 2 aliphatic rings. The van der Waals surface area contributed by atoms with Crippen LogP contribution in [-0.2, 0) is 16.1 Å². The van der Waals surface area contributed by atoms with Crippen LogP contribution in [0.5, 0.6) is 0 Å². The maximum atomic E-state index is 13.3. The van der Waals surface area contributed by atoms with Crippen LogP contribution >= 0.6 is 23.4 Å². The van der Waals surface area contributed by atoms with Crippen molar-refractivity contribution in [2.75, 3.05) is 18.9 Å². The lowest BCUT2D eigenvalue weighted by atomic mass is 9.78. The molecule has 180 valence electrons. The molecule has 6 nitrogen and oxygen atoms in total. The van der Waals surface area contributed by atoms with Gasteiger partial charge in [-0.05, 0) is 70.1 Å². The van der Waals surface area contributed by atoms with Crippen LogP contribution in [-0.4, -0.2) is 51.4 Å². The molecule has 2 atom stereocenters. The highest BCUT2D eigenvalue weighted by molar-refractivity contribution is 7.99. The molecule has 1 saturated carbocycles. The lowest BCUT2D eigenvalue weighted by Gasteiger charge is -2.44. The number of hydrogen-bond donors (Lipinski definition) is 0. The van der Waals surface area contributed by atoms with Gasteiger partial charge in [0, 0.05) is 30.8 Å². The van der Waals surface area contributed by atoms with Gasteiger partial charge in [0.15, 0.2) is 5.16 Å². The number of thioether (sulfide) groups is 1. The Kier molecular flexibility index (Phi) is 8.36. The van der Waals surface area contributed by atoms with Crippen molar-refractivity contribution >= 4 is 40.2 Å². The van der Waals surface area contributed by atoms with Gasteiger partial charge in [-0.25, -0.2) is 4.98 Å². The summed E-state index contributed by atoms with van der Waals surface area (Å²) in [6, 6.07) is 5.55. The predicted molar refractivity (Wildman–Crippen MR) is 134 cm³/mol. The van der Waals surface area contributed by atoms with E-state index in [-0.39, 0.29) is 17.6 Å². The largest absolute Gasteiger partial charge is 0.379 e. The SMILES string of the molecule is CC(C)OCCCn1c(SCC(=O)N2CCC[C@@H]3CCCC[C@H]32)nc2cc(Cl)ccc2c1=O. The van der Waals surface area contributed by atoms with Gasteiger partial charge in [0.25, 0.3) is 5.56 Å². The van der Waals surface area contributed by atoms with Crippen LogP contribution in [0.3, 0.4) is 0 Å². The summed E-state index contributed by atoms with van der Waals surface area (Å²) in [5.41, 5.74) is 0.476. The summed E-state index contributed by atoms with van der Waals surface area (Å²) in [5.74, 6) is 1.11. The van der Waals surface area contributed by atoms with Gasteiger partial charge >= 0.3 is 0 Å². The summed E-state index contributed by atoms with van der Waals surface area (Å²) < 4.78 is 7.35. The monoisotopic (exact) mass is 491 g/mol. The number of fused-ring (bicyclic) bond motifs is 2. The van der Waals surface area contributed by atoms with E-state index in [1.165, 1.54) is 37.4 Å². The summed E-state index contributed by atoms with van der Waals surface area (Å²) in [6.07, 6.45) is 8.05. The van der Waals surface area contributed by atoms with Crippen LogP contribution in [0.4, 0.5) is 0 Å². The Labute approximate surface area is 205 Å². The van der Waals surface area contributed by atoms with Crippen molar-refractivity contribution in [3.8, 4) is 0 Å². The minimum absolute atomic E-state index is 0.0959. The number of rotatable bonds is 8. The lowest BCUT2D eigenvalue weighted by molar-refractivity contribution is -0.134. The number of ether oxygens (including phenoxy) is 1. The molecule has 0 spiro atoms. The quantitative estimate of drug-likeness (QED) is 0.290. The van der Waals surface area contributed by atoms with Gasteiger partial charge in [-0.2, -0.15) is 0 Å². The van der Waals surface area contributed by atoms with Crippen LogP contribution in [0.1, 0.15) is 58.8 Å². The summed E-state index contributed by atoms with van der Waals surface area (Å²) >= 11 is 7.52. The van der Waals surface area contributed by atoms with Gasteiger partial charge in [0.05, 0.1) is 22.8 Å². The van der Waals surface area contributed by atoms with Crippen LogP contribution in [0.15, 0.2) is 28.2 Å². The van der Waals surface area contributed by atoms with Crippen LogP contribution in [0.2, 0.25) is 5.02 Å². The van der Waals surface area contributed by atoms with E-state index >= 15 is 0 Å². The van der Waals surface area contributed by atoms with E-state index in [0.29, 0.717) is 58.4 Å². The van der Waals surface area contributed by atoms with Crippen molar-refractivity contribution in [3.05, 3.63) is 33.6 Å². The first-order valence-electron chi connectivity index (χ1n) is 12.2. The fourth-order valence-electron chi connectivity index (χ4n) is 5.17. The standard InChI is InChI=1S/C25H34ClN3O3S/c1-17(2)32-14-6-13-29-24(31)20-11-10-19(26)15-21(20)27-25(29)33-16-23(30)28-12-5-8-18-7-3-4-9-22(18)28/h10-11,15,17-18,22H,3-9,12-14,16H2,1-2H3/t18-,22+/m0/s1. The topological polar surface area (TPSA) is 64.4 Å². The van der Waals surface area contributed by atoms with Crippen LogP contribution < -0.4 is 5.56 Å². The molecule has 2 aromatic rings. The van der Waals surface area contributed by atoms with Gasteiger partial charge in [0.2, 0.25) is 5.91 Å². The van der Waals surface area contributed by atoms with Crippen molar-refractivity contribution in [1.29, 1.82) is 0 Å². The molecule has 2 fully saturated rings. The molecule has 1 aliphatic carbocycles. The van der Waals surface area contributed by atoms with Crippen molar-refractivity contribution in [2.45, 2.75) is 82.6 Å². The number of hydrogen-bond acceptors (Lipinski definition) is 5. The molecule has 1 aromatic carbocycles. The molecule has 1 aromatic heterocycles. The van der Waals surface area contributed by atoms with Gasteiger partial charge in [0.1, 0.15) is 0 Å².